The zero-order valence-electron chi connectivity index (χ0n) is 13.0. The Hall–Kier alpha value is -0.163. The van der Waals surface area contributed by atoms with E-state index in [0.717, 1.165) is 6.42 Å². The van der Waals surface area contributed by atoms with E-state index in [-0.39, 0.29) is 29.6 Å². The van der Waals surface area contributed by atoms with Gasteiger partial charge in [0.2, 0.25) is 0 Å². The summed E-state index contributed by atoms with van der Waals surface area (Å²) in [5, 5.41) is 19.7. The Balaban J connectivity index is 2.84. The van der Waals surface area contributed by atoms with Gasteiger partial charge in [-0.1, -0.05) is 26.8 Å². The molecule has 0 aromatic carbocycles. The molecule has 4 atom stereocenters. The molecule has 1 rings (SSSR count). The Morgan fingerprint density at radius 1 is 1.32 bits per heavy atom. The van der Waals surface area contributed by atoms with Crippen LogP contribution in [0.3, 0.4) is 0 Å². The standard InChI is InChI=1S/C15H30O3Si/c1-7-8-11-12(10-16)13(17)9-14(11)18-19(5,6)15(2,3)4/h7,11-14,16-17H,1,8-10H2,2-6H3/t11-,12-,13-,14+/m1/s1. The number of hydrogen-bond donors (Lipinski definition) is 2. The summed E-state index contributed by atoms with van der Waals surface area (Å²) in [6.07, 6.45) is 2.89. The van der Waals surface area contributed by atoms with Crippen molar-refractivity contribution < 1.29 is 14.6 Å². The second-order valence-electron chi connectivity index (χ2n) is 7.25. The lowest BCUT2D eigenvalue weighted by atomic mass is 9.91. The van der Waals surface area contributed by atoms with Gasteiger partial charge in [-0.3, -0.25) is 0 Å². The van der Waals surface area contributed by atoms with E-state index < -0.39 is 14.4 Å². The van der Waals surface area contributed by atoms with Gasteiger partial charge in [-0.15, -0.1) is 6.58 Å². The van der Waals surface area contributed by atoms with Crippen LogP contribution < -0.4 is 0 Å². The van der Waals surface area contributed by atoms with Gasteiger partial charge in [0.25, 0.3) is 0 Å². The van der Waals surface area contributed by atoms with Gasteiger partial charge < -0.3 is 14.6 Å². The zero-order chi connectivity index (χ0) is 14.8. The lowest BCUT2D eigenvalue weighted by Gasteiger charge is -2.40. The molecule has 1 aliphatic rings. The molecule has 0 heterocycles. The Morgan fingerprint density at radius 3 is 2.32 bits per heavy atom. The predicted molar refractivity (Wildman–Crippen MR) is 81.6 cm³/mol. The van der Waals surface area contributed by atoms with Crippen molar-refractivity contribution in [3.63, 3.8) is 0 Å². The van der Waals surface area contributed by atoms with E-state index in [4.69, 9.17) is 4.43 Å². The molecule has 1 aliphatic carbocycles. The summed E-state index contributed by atoms with van der Waals surface area (Å²) in [5.74, 6) is 0.111. The van der Waals surface area contributed by atoms with Crippen molar-refractivity contribution in [3.8, 4) is 0 Å². The van der Waals surface area contributed by atoms with Crippen LogP contribution in [0.25, 0.3) is 0 Å². The molecule has 0 spiro atoms. The lowest BCUT2D eigenvalue weighted by Crippen LogP contribution is -2.45. The van der Waals surface area contributed by atoms with Crippen molar-refractivity contribution in [2.45, 2.75) is 64.0 Å². The average Bonchev–Trinajstić information content (AvgIpc) is 2.53. The van der Waals surface area contributed by atoms with Crippen LogP contribution >= 0.6 is 0 Å². The van der Waals surface area contributed by atoms with Crippen molar-refractivity contribution in [2.75, 3.05) is 6.61 Å². The first-order valence-electron chi connectivity index (χ1n) is 7.21. The summed E-state index contributed by atoms with van der Waals surface area (Å²) in [5.41, 5.74) is 0. The molecular formula is C15H30O3Si. The van der Waals surface area contributed by atoms with Gasteiger partial charge in [-0.2, -0.15) is 0 Å². The maximum absolute atomic E-state index is 10.1. The van der Waals surface area contributed by atoms with Crippen LogP contribution in [-0.4, -0.2) is 37.3 Å². The van der Waals surface area contributed by atoms with Gasteiger partial charge in [0.05, 0.1) is 12.2 Å². The molecule has 1 fully saturated rings. The molecule has 1 saturated carbocycles. The minimum absolute atomic E-state index is 0.0248. The maximum atomic E-state index is 10.1. The molecule has 112 valence electrons. The second-order valence-corrected chi connectivity index (χ2v) is 12.0. The molecule has 0 unspecified atom stereocenters. The fraction of sp³-hybridized carbons (Fsp3) is 0.867. The van der Waals surface area contributed by atoms with Crippen molar-refractivity contribution in [2.24, 2.45) is 11.8 Å². The molecule has 0 radical (unpaired) electrons. The summed E-state index contributed by atoms with van der Waals surface area (Å²) >= 11 is 0. The molecule has 0 aromatic heterocycles. The predicted octanol–water partition coefficient (Wildman–Crippen LogP) is 2.94. The van der Waals surface area contributed by atoms with E-state index in [2.05, 4.69) is 40.4 Å². The minimum Gasteiger partial charge on any atom is -0.414 e. The van der Waals surface area contributed by atoms with Crippen LogP contribution in [0.4, 0.5) is 0 Å². The summed E-state index contributed by atoms with van der Waals surface area (Å²) in [6, 6.07) is 0. The normalized spacial score (nSPS) is 32.6. The van der Waals surface area contributed by atoms with Crippen LogP contribution in [0.5, 0.6) is 0 Å². The van der Waals surface area contributed by atoms with Gasteiger partial charge in [0, 0.05) is 12.5 Å². The highest BCUT2D eigenvalue weighted by atomic mass is 28.4. The Labute approximate surface area is 118 Å². The van der Waals surface area contributed by atoms with Crippen LogP contribution in [0.15, 0.2) is 12.7 Å². The summed E-state index contributed by atoms with van der Waals surface area (Å²) in [7, 11) is -1.84. The molecular weight excluding hydrogens is 256 g/mol. The second kappa shape index (κ2) is 6.08. The van der Waals surface area contributed by atoms with Crippen molar-refractivity contribution in [1.82, 2.24) is 0 Å². The van der Waals surface area contributed by atoms with E-state index in [9.17, 15) is 10.2 Å². The zero-order valence-corrected chi connectivity index (χ0v) is 14.0. The number of aliphatic hydroxyl groups is 2. The summed E-state index contributed by atoms with van der Waals surface area (Å²) in [6.45, 7) is 14.9. The highest BCUT2D eigenvalue weighted by molar-refractivity contribution is 6.74. The third-order valence-electron chi connectivity index (χ3n) is 4.90. The van der Waals surface area contributed by atoms with Crippen LogP contribution in [0.1, 0.15) is 33.6 Å². The molecule has 19 heavy (non-hydrogen) atoms. The third kappa shape index (κ3) is 3.69. The van der Waals surface area contributed by atoms with E-state index in [1.165, 1.54) is 0 Å². The lowest BCUT2D eigenvalue weighted by molar-refractivity contribution is 0.0688. The Morgan fingerprint density at radius 2 is 1.89 bits per heavy atom. The Kier molecular flexibility index (Phi) is 5.41. The van der Waals surface area contributed by atoms with Crippen LogP contribution in [0, 0.1) is 11.8 Å². The number of rotatable bonds is 5. The fourth-order valence-electron chi connectivity index (χ4n) is 2.62. The highest BCUT2D eigenvalue weighted by Gasteiger charge is 2.47. The monoisotopic (exact) mass is 286 g/mol. The van der Waals surface area contributed by atoms with E-state index in [0.29, 0.717) is 6.42 Å². The first-order chi connectivity index (χ1) is 8.64. The molecule has 0 bridgehead atoms. The first-order valence-corrected chi connectivity index (χ1v) is 10.1. The molecule has 0 amide bonds. The molecule has 3 nitrogen and oxygen atoms in total. The number of aliphatic hydroxyl groups excluding tert-OH is 2. The van der Waals surface area contributed by atoms with Gasteiger partial charge in [-0.05, 0) is 36.9 Å². The molecule has 2 N–H and O–H groups in total. The van der Waals surface area contributed by atoms with Crippen LogP contribution in [0.2, 0.25) is 18.1 Å². The van der Waals surface area contributed by atoms with Crippen molar-refractivity contribution >= 4 is 8.32 Å². The largest absolute Gasteiger partial charge is 0.414 e. The van der Waals surface area contributed by atoms with E-state index in [1.807, 2.05) is 6.08 Å². The molecule has 0 saturated heterocycles. The van der Waals surface area contributed by atoms with Gasteiger partial charge in [0.1, 0.15) is 0 Å². The van der Waals surface area contributed by atoms with Crippen molar-refractivity contribution in [3.05, 3.63) is 12.7 Å². The first kappa shape index (κ1) is 16.9. The number of allylic oxidation sites excluding steroid dienone is 1. The van der Waals surface area contributed by atoms with Gasteiger partial charge >= 0.3 is 0 Å². The molecule has 4 heteroatoms. The van der Waals surface area contributed by atoms with Crippen molar-refractivity contribution in [1.29, 1.82) is 0 Å². The minimum atomic E-state index is -1.84. The van der Waals surface area contributed by atoms with Crippen LogP contribution in [-0.2, 0) is 4.43 Å². The Bertz CT molecular complexity index is 309. The van der Waals surface area contributed by atoms with E-state index >= 15 is 0 Å². The number of hydrogen-bond acceptors (Lipinski definition) is 3. The SMILES string of the molecule is C=CC[C@@H]1[C@@H](CO)[C@H](O)C[C@@H]1O[Si](C)(C)C(C)(C)C. The van der Waals surface area contributed by atoms with Gasteiger partial charge in [-0.25, -0.2) is 0 Å². The third-order valence-corrected chi connectivity index (χ3v) is 9.40. The smallest absolute Gasteiger partial charge is 0.192 e. The molecule has 0 aromatic rings. The topological polar surface area (TPSA) is 49.7 Å². The maximum Gasteiger partial charge on any atom is 0.192 e. The fourth-order valence-corrected chi connectivity index (χ4v) is 4.00. The quantitative estimate of drug-likeness (QED) is 0.603. The average molecular weight is 286 g/mol. The highest BCUT2D eigenvalue weighted by Crippen LogP contribution is 2.43. The summed E-state index contributed by atoms with van der Waals surface area (Å²) < 4.78 is 6.45. The van der Waals surface area contributed by atoms with Gasteiger partial charge in [0.15, 0.2) is 8.32 Å². The van der Waals surface area contributed by atoms with E-state index in [1.54, 1.807) is 0 Å². The summed E-state index contributed by atoms with van der Waals surface area (Å²) in [4.78, 5) is 0. The molecule has 0 aliphatic heterocycles.